The summed E-state index contributed by atoms with van der Waals surface area (Å²) in [6.45, 7) is 2.71. The second-order valence-electron chi connectivity index (χ2n) is 5.34. The van der Waals surface area contributed by atoms with Gasteiger partial charge in [-0.05, 0) is 30.9 Å². The van der Waals surface area contributed by atoms with E-state index in [1.165, 1.54) is 0 Å². The summed E-state index contributed by atoms with van der Waals surface area (Å²) < 4.78 is 10.4. The average molecular weight is 292 g/mol. The van der Waals surface area contributed by atoms with E-state index in [2.05, 4.69) is 0 Å². The summed E-state index contributed by atoms with van der Waals surface area (Å²) in [6.07, 6.45) is 1.70. The summed E-state index contributed by atoms with van der Waals surface area (Å²) in [7, 11) is 1.61. The molecule has 0 spiro atoms. The summed E-state index contributed by atoms with van der Waals surface area (Å²) in [6, 6.07) is 0. The number of aliphatic carboxylic acids is 1. The molecule has 2 N–H and O–H groups in total. The van der Waals surface area contributed by atoms with E-state index in [9.17, 15) is 9.90 Å². The molecule has 5 nitrogen and oxygen atoms in total. The molecule has 0 heterocycles. The highest BCUT2D eigenvalue weighted by Crippen LogP contribution is 2.51. The Morgan fingerprint density at radius 3 is 2.63 bits per heavy atom. The quantitative estimate of drug-likeness (QED) is 0.599. The van der Waals surface area contributed by atoms with Crippen LogP contribution in [0, 0.1) is 5.41 Å². The van der Waals surface area contributed by atoms with Gasteiger partial charge < -0.3 is 19.7 Å². The third-order valence-corrected chi connectivity index (χ3v) is 4.61. The van der Waals surface area contributed by atoms with Crippen LogP contribution >= 0.6 is 11.8 Å². The Kier molecular flexibility index (Phi) is 7.13. The van der Waals surface area contributed by atoms with Crippen LogP contribution in [-0.2, 0) is 14.3 Å². The minimum Gasteiger partial charge on any atom is -0.481 e. The summed E-state index contributed by atoms with van der Waals surface area (Å²) >= 11 is 1.61. The number of rotatable bonds is 11. The molecule has 112 valence electrons. The van der Waals surface area contributed by atoms with E-state index in [1.54, 1.807) is 18.9 Å². The number of hydrogen-bond acceptors (Lipinski definition) is 5. The number of hydrogen-bond donors (Lipinski definition) is 2. The molecule has 2 unspecified atom stereocenters. The van der Waals surface area contributed by atoms with Crippen molar-refractivity contribution in [1.82, 2.24) is 0 Å². The Balaban J connectivity index is 2.07. The Bertz CT molecular complexity index is 280. The van der Waals surface area contributed by atoms with Gasteiger partial charge in [0.05, 0.1) is 31.8 Å². The minimum absolute atomic E-state index is 0.0135. The predicted octanol–water partition coefficient (Wildman–Crippen LogP) is 1.39. The summed E-state index contributed by atoms with van der Waals surface area (Å²) in [5.41, 5.74) is -0.0135. The minimum atomic E-state index is -0.727. The van der Waals surface area contributed by atoms with Crippen molar-refractivity contribution >= 4 is 17.7 Å². The highest BCUT2D eigenvalue weighted by atomic mass is 32.2. The summed E-state index contributed by atoms with van der Waals surface area (Å²) in [4.78, 5) is 10.7. The Morgan fingerprint density at radius 1 is 1.42 bits per heavy atom. The molecule has 2 atom stereocenters. The number of aliphatic hydroxyl groups is 1. The lowest BCUT2D eigenvalue weighted by Gasteiger charge is -2.17. The molecule has 1 fully saturated rings. The molecule has 19 heavy (non-hydrogen) atoms. The maximum atomic E-state index is 10.7. The van der Waals surface area contributed by atoms with Gasteiger partial charge in [-0.2, -0.15) is 11.8 Å². The van der Waals surface area contributed by atoms with Crippen LogP contribution in [0.5, 0.6) is 0 Å². The topological polar surface area (TPSA) is 76.0 Å². The van der Waals surface area contributed by atoms with E-state index in [-0.39, 0.29) is 17.9 Å². The Morgan fingerprint density at radius 2 is 2.11 bits per heavy atom. The fourth-order valence-corrected chi connectivity index (χ4v) is 3.20. The Hall–Kier alpha value is -0.300. The number of carboxylic acids is 1. The van der Waals surface area contributed by atoms with E-state index >= 15 is 0 Å². The second kappa shape index (κ2) is 8.09. The molecular weight excluding hydrogens is 268 g/mol. The highest BCUT2D eigenvalue weighted by molar-refractivity contribution is 7.99. The van der Waals surface area contributed by atoms with E-state index < -0.39 is 12.1 Å². The van der Waals surface area contributed by atoms with Gasteiger partial charge in [-0.15, -0.1) is 0 Å². The molecular formula is C13H24O5S. The summed E-state index contributed by atoms with van der Waals surface area (Å²) in [5.74, 6) is 0.667. The summed E-state index contributed by atoms with van der Waals surface area (Å²) in [5, 5.41) is 18.6. The van der Waals surface area contributed by atoms with Crippen molar-refractivity contribution in [3.8, 4) is 0 Å². The number of carboxylic acid groups (broad SMARTS) is 1. The van der Waals surface area contributed by atoms with Crippen molar-refractivity contribution in [2.45, 2.75) is 38.4 Å². The first kappa shape index (κ1) is 16.8. The largest absolute Gasteiger partial charge is 0.481 e. The number of thioether (sulfide) groups is 1. The van der Waals surface area contributed by atoms with Crippen LogP contribution in [0.2, 0.25) is 0 Å². The molecule has 0 saturated heterocycles. The number of ether oxygens (including phenoxy) is 2. The lowest BCUT2D eigenvalue weighted by atomic mass is 10.1. The van der Waals surface area contributed by atoms with Gasteiger partial charge >= 0.3 is 5.97 Å². The standard InChI is InChI=1S/C13H24O5S/c1-10(6-17-2)18-7-11(14)8-19-9-13(3-4-13)5-12(15)16/h10-11,14H,3-9H2,1-2H3,(H,15,16). The van der Waals surface area contributed by atoms with Gasteiger partial charge in [-0.25, -0.2) is 0 Å². The molecule has 0 aromatic rings. The monoisotopic (exact) mass is 292 g/mol. The van der Waals surface area contributed by atoms with Crippen molar-refractivity contribution in [1.29, 1.82) is 0 Å². The van der Waals surface area contributed by atoms with E-state index in [4.69, 9.17) is 14.6 Å². The zero-order valence-electron chi connectivity index (χ0n) is 11.6. The SMILES string of the molecule is COCC(C)OCC(O)CSCC1(CC(=O)O)CC1. The molecule has 0 bridgehead atoms. The first-order chi connectivity index (χ1) is 8.97. The molecule has 0 aromatic carbocycles. The predicted molar refractivity (Wildman–Crippen MR) is 74.5 cm³/mol. The third-order valence-electron chi connectivity index (χ3n) is 3.18. The number of aliphatic hydroxyl groups excluding tert-OH is 1. The van der Waals surface area contributed by atoms with Crippen molar-refractivity contribution < 1.29 is 24.5 Å². The smallest absolute Gasteiger partial charge is 0.303 e. The van der Waals surface area contributed by atoms with Crippen molar-refractivity contribution in [3.05, 3.63) is 0 Å². The van der Waals surface area contributed by atoms with Crippen molar-refractivity contribution in [3.63, 3.8) is 0 Å². The zero-order chi connectivity index (χ0) is 14.3. The average Bonchev–Trinajstić information content (AvgIpc) is 3.06. The highest BCUT2D eigenvalue weighted by Gasteiger charge is 2.44. The van der Waals surface area contributed by atoms with Crippen LogP contribution in [-0.4, -0.2) is 60.2 Å². The fourth-order valence-electron chi connectivity index (χ4n) is 1.89. The maximum absolute atomic E-state index is 10.7. The van der Waals surface area contributed by atoms with E-state index in [1.807, 2.05) is 6.92 Å². The van der Waals surface area contributed by atoms with Crippen molar-refractivity contribution in [2.75, 3.05) is 31.8 Å². The molecule has 6 heteroatoms. The molecule has 0 amide bonds. The lowest BCUT2D eigenvalue weighted by Crippen LogP contribution is -2.25. The third kappa shape index (κ3) is 7.15. The molecule has 1 aliphatic carbocycles. The number of methoxy groups -OCH3 is 1. The van der Waals surface area contributed by atoms with Gasteiger partial charge in [0.25, 0.3) is 0 Å². The lowest BCUT2D eigenvalue weighted by molar-refractivity contribution is -0.138. The molecule has 0 aromatic heterocycles. The van der Waals surface area contributed by atoms with Crippen LogP contribution in [0.3, 0.4) is 0 Å². The van der Waals surface area contributed by atoms with Gasteiger partial charge in [0.2, 0.25) is 0 Å². The maximum Gasteiger partial charge on any atom is 0.303 e. The molecule has 0 radical (unpaired) electrons. The Labute approximate surface area is 118 Å². The molecule has 0 aliphatic heterocycles. The second-order valence-corrected chi connectivity index (χ2v) is 6.37. The van der Waals surface area contributed by atoms with Crippen LogP contribution in [0.1, 0.15) is 26.2 Å². The van der Waals surface area contributed by atoms with Gasteiger partial charge in [-0.3, -0.25) is 4.79 Å². The van der Waals surface area contributed by atoms with Gasteiger partial charge in [0.1, 0.15) is 0 Å². The molecule has 1 saturated carbocycles. The van der Waals surface area contributed by atoms with Gasteiger partial charge in [0, 0.05) is 12.9 Å². The first-order valence-corrected chi connectivity index (χ1v) is 7.71. The number of carbonyl (C=O) groups is 1. The normalized spacial score (nSPS) is 19.9. The van der Waals surface area contributed by atoms with E-state index in [0.717, 1.165) is 18.6 Å². The first-order valence-electron chi connectivity index (χ1n) is 6.55. The molecule has 1 rings (SSSR count). The van der Waals surface area contributed by atoms with Crippen LogP contribution < -0.4 is 0 Å². The van der Waals surface area contributed by atoms with Gasteiger partial charge in [-0.1, -0.05) is 0 Å². The van der Waals surface area contributed by atoms with Crippen LogP contribution in [0.25, 0.3) is 0 Å². The van der Waals surface area contributed by atoms with Crippen LogP contribution in [0.15, 0.2) is 0 Å². The molecule has 1 aliphatic rings. The van der Waals surface area contributed by atoms with Crippen LogP contribution in [0.4, 0.5) is 0 Å². The zero-order valence-corrected chi connectivity index (χ0v) is 12.4. The van der Waals surface area contributed by atoms with E-state index in [0.29, 0.717) is 19.0 Å². The fraction of sp³-hybridized carbons (Fsp3) is 0.923. The van der Waals surface area contributed by atoms with Crippen molar-refractivity contribution in [2.24, 2.45) is 5.41 Å². The van der Waals surface area contributed by atoms with Gasteiger partial charge in [0.15, 0.2) is 0 Å².